The fourth-order valence-electron chi connectivity index (χ4n) is 2.43. The van der Waals surface area contributed by atoms with Gasteiger partial charge in [0.15, 0.2) is 0 Å². The first-order valence-electron chi connectivity index (χ1n) is 8.18. The predicted octanol–water partition coefficient (Wildman–Crippen LogP) is 3.08. The normalized spacial score (nSPS) is 10.3. The Morgan fingerprint density at radius 1 is 1.00 bits per heavy atom. The van der Waals surface area contributed by atoms with Crippen LogP contribution in [0.25, 0.3) is 0 Å². The molecular weight excluding hydrogens is 300 g/mol. The maximum absolute atomic E-state index is 12.3. The molecular formula is C20H24N2O2. The summed E-state index contributed by atoms with van der Waals surface area (Å²) in [6.45, 7) is 7.07. The average Bonchev–Trinajstić information content (AvgIpc) is 2.60. The zero-order valence-electron chi connectivity index (χ0n) is 14.5. The average molecular weight is 324 g/mol. The summed E-state index contributed by atoms with van der Waals surface area (Å²) in [7, 11) is 0. The van der Waals surface area contributed by atoms with Crippen LogP contribution >= 0.6 is 0 Å². The molecule has 1 N–H and O–H groups in total. The lowest BCUT2D eigenvalue weighted by Gasteiger charge is -2.21. The first kappa shape index (κ1) is 17.7. The molecule has 2 aromatic rings. The van der Waals surface area contributed by atoms with Crippen LogP contribution in [0.1, 0.15) is 34.0 Å². The maximum Gasteiger partial charge on any atom is 0.251 e. The van der Waals surface area contributed by atoms with E-state index < -0.39 is 0 Å². The Balaban J connectivity index is 1.93. The molecule has 4 heteroatoms. The number of nitrogens with zero attached hydrogens (tertiary/aromatic N) is 1. The molecule has 4 nitrogen and oxygen atoms in total. The van der Waals surface area contributed by atoms with Crippen molar-refractivity contribution in [2.24, 2.45) is 0 Å². The topological polar surface area (TPSA) is 49.4 Å². The van der Waals surface area contributed by atoms with Crippen molar-refractivity contribution in [2.45, 2.75) is 27.3 Å². The molecule has 2 rings (SSSR count). The van der Waals surface area contributed by atoms with Crippen molar-refractivity contribution >= 4 is 11.8 Å². The molecule has 0 aromatic heterocycles. The summed E-state index contributed by atoms with van der Waals surface area (Å²) in [6, 6.07) is 15.4. The van der Waals surface area contributed by atoms with Crippen LogP contribution in [0.15, 0.2) is 48.5 Å². The highest BCUT2D eigenvalue weighted by Crippen LogP contribution is 2.10. The van der Waals surface area contributed by atoms with E-state index in [-0.39, 0.29) is 18.4 Å². The van der Waals surface area contributed by atoms with Gasteiger partial charge in [-0.1, -0.05) is 36.4 Å². The number of hydrogen-bond acceptors (Lipinski definition) is 2. The lowest BCUT2D eigenvalue weighted by Crippen LogP contribution is -2.39. The molecule has 126 valence electrons. The van der Waals surface area contributed by atoms with Crippen LogP contribution < -0.4 is 5.32 Å². The van der Waals surface area contributed by atoms with Crippen molar-refractivity contribution in [1.82, 2.24) is 10.2 Å². The molecule has 0 bridgehead atoms. The van der Waals surface area contributed by atoms with Gasteiger partial charge in [-0.15, -0.1) is 0 Å². The fourth-order valence-corrected chi connectivity index (χ4v) is 2.43. The molecule has 2 aromatic carbocycles. The van der Waals surface area contributed by atoms with E-state index in [2.05, 4.69) is 5.32 Å². The highest BCUT2D eigenvalue weighted by molar-refractivity contribution is 5.96. The molecule has 0 aliphatic carbocycles. The van der Waals surface area contributed by atoms with Crippen molar-refractivity contribution in [3.8, 4) is 0 Å². The molecule has 0 spiro atoms. The predicted molar refractivity (Wildman–Crippen MR) is 95.8 cm³/mol. The Hall–Kier alpha value is -2.62. The summed E-state index contributed by atoms with van der Waals surface area (Å²) in [5, 5.41) is 2.72. The number of carbonyl (C=O) groups is 2. The van der Waals surface area contributed by atoms with E-state index in [4.69, 9.17) is 0 Å². The number of benzene rings is 2. The van der Waals surface area contributed by atoms with E-state index in [1.807, 2.05) is 63.2 Å². The Morgan fingerprint density at radius 3 is 2.33 bits per heavy atom. The van der Waals surface area contributed by atoms with Crippen LogP contribution in [0, 0.1) is 13.8 Å². The van der Waals surface area contributed by atoms with Gasteiger partial charge < -0.3 is 10.2 Å². The number of rotatable bonds is 6. The number of carbonyl (C=O) groups excluding carboxylic acids is 2. The number of nitrogens with one attached hydrogen (secondary N) is 1. The monoisotopic (exact) mass is 324 g/mol. The van der Waals surface area contributed by atoms with Gasteiger partial charge in [0, 0.05) is 18.7 Å². The van der Waals surface area contributed by atoms with E-state index in [0.717, 1.165) is 16.7 Å². The van der Waals surface area contributed by atoms with Gasteiger partial charge in [0.1, 0.15) is 0 Å². The number of likely N-dealkylation sites (N-methyl/N-ethyl adjacent to an activating group) is 1. The molecule has 0 saturated heterocycles. The van der Waals surface area contributed by atoms with Gasteiger partial charge in [-0.3, -0.25) is 9.59 Å². The van der Waals surface area contributed by atoms with Crippen molar-refractivity contribution < 1.29 is 9.59 Å². The van der Waals surface area contributed by atoms with E-state index >= 15 is 0 Å². The second-order valence-electron chi connectivity index (χ2n) is 5.88. The van der Waals surface area contributed by atoms with Gasteiger partial charge in [0.05, 0.1) is 6.54 Å². The van der Waals surface area contributed by atoms with Gasteiger partial charge in [0.25, 0.3) is 5.91 Å². The van der Waals surface area contributed by atoms with E-state index in [9.17, 15) is 9.59 Å². The minimum Gasteiger partial charge on any atom is -0.343 e. The second-order valence-corrected chi connectivity index (χ2v) is 5.88. The molecule has 0 radical (unpaired) electrons. The third kappa shape index (κ3) is 4.69. The zero-order chi connectivity index (χ0) is 17.5. The second kappa shape index (κ2) is 8.29. The van der Waals surface area contributed by atoms with Gasteiger partial charge >= 0.3 is 0 Å². The van der Waals surface area contributed by atoms with Crippen LogP contribution in [0.5, 0.6) is 0 Å². The fraction of sp³-hybridized carbons (Fsp3) is 0.300. The Morgan fingerprint density at radius 2 is 1.71 bits per heavy atom. The van der Waals surface area contributed by atoms with Crippen LogP contribution in [0.4, 0.5) is 0 Å². The van der Waals surface area contributed by atoms with E-state index in [1.165, 1.54) is 0 Å². The minimum atomic E-state index is -0.220. The van der Waals surface area contributed by atoms with Crippen LogP contribution in [-0.2, 0) is 11.3 Å². The molecule has 0 saturated carbocycles. The molecule has 0 heterocycles. The Bertz CT molecular complexity index is 711. The number of hydrogen-bond donors (Lipinski definition) is 1. The summed E-state index contributed by atoms with van der Waals surface area (Å²) in [5.74, 6) is -0.305. The maximum atomic E-state index is 12.3. The minimum absolute atomic E-state index is 0.00638. The first-order chi connectivity index (χ1) is 11.5. The number of aryl methyl sites for hydroxylation is 2. The van der Waals surface area contributed by atoms with Crippen LogP contribution in [0.2, 0.25) is 0 Å². The van der Waals surface area contributed by atoms with Gasteiger partial charge in [-0.2, -0.15) is 0 Å². The van der Waals surface area contributed by atoms with Gasteiger partial charge in [-0.05, 0) is 49.6 Å². The number of amides is 2. The van der Waals surface area contributed by atoms with Gasteiger partial charge in [-0.25, -0.2) is 0 Å². The third-order valence-electron chi connectivity index (χ3n) is 4.12. The quantitative estimate of drug-likeness (QED) is 0.888. The summed E-state index contributed by atoms with van der Waals surface area (Å²) < 4.78 is 0. The molecule has 0 fully saturated rings. The molecule has 0 unspecified atom stereocenters. The summed E-state index contributed by atoms with van der Waals surface area (Å²) in [6.07, 6.45) is 0. The smallest absolute Gasteiger partial charge is 0.251 e. The van der Waals surface area contributed by atoms with Crippen LogP contribution in [0.3, 0.4) is 0 Å². The zero-order valence-corrected chi connectivity index (χ0v) is 14.5. The lowest BCUT2D eigenvalue weighted by atomic mass is 10.1. The first-order valence-corrected chi connectivity index (χ1v) is 8.18. The van der Waals surface area contributed by atoms with Crippen molar-refractivity contribution in [2.75, 3.05) is 13.1 Å². The lowest BCUT2D eigenvalue weighted by molar-refractivity contribution is -0.130. The molecule has 0 atom stereocenters. The van der Waals surface area contributed by atoms with Crippen molar-refractivity contribution in [3.63, 3.8) is 0 Å². The molecule has 0 aliphatic rings. The Kier molecular flexibility index (Phi) is 6.13. The van der Waals surface area contributed by atoms with E-state index in [1.54, 1.807) is 11.0 Å². The third-order valence-corrected chi connectivity index (χ3v) is 4.12. The SMILES string of the molecule is CCN(Cc1ccccc1)C(=O)CNC(=O)c1ccc(C)c(C)c1. The molecule has 2 amide bonds. The van der Waals surface area contributed by atoms with E-state index in [0.29, 0.717) is 18.7 Å². The highest BCUT2D eigenvalue weighted by atomic mass is 16.2. The molecule has 24 heavy (non-hydrogen) atoms. The largest absolute Gasteiger partial charge is 0.343 e. The summed E-state index contributed by atoms with van der Waals surface area (Å²) in [4.78, 5) is 26.3. The van der Waals surface area contributed by atoms with Crippen molar-refractivity contribution in [3.05, 3.63) is 70.8 Å². The standard InChI is InChI=1S/C20H24N2O2/c1-4-22(14-17-8-6-5-7-9-17)19(23)13-21-20(24)18-11-10-15(2)16(3)12-18/h5-12H,4,13-14H2,1-3H3,(H,21,24). The summed E-state index contributed by atoms with van der Waals surface area (Å²) in [5.41, 5.74) is 3.86. The van der Waals surface area contributed by atoms with Crippen molar-refractivity contribution in [1.29, 1.82) is 0 Å². The summed E-state index contributed by atoms with van der Waals surface area (Å²) >= 11 is 0. The molecule has 0 aliphatic heterocycles. The highest BCUT2D eigenvalue weighted by Gasteiger charge is 2.14. The van der Waals surface area contributed by atoms with Crippen LogP contribution in [-0.4, -0.2) is 29.8 Å². The van der Waals surface area contributed by atoms with Gasteiger partial charge in [0.2, 0.25) is 5.91 Å². The Labute approximate surface area is 143 Å².